The molecule has 1 unspecified atom stereocenters. The SMILES string of the molecule is CCN1CCN(Cc2cnc(Nc3ncc(F)c(-c4ccc5ncn(C(C)CC(=O)OC)c5c4)n3)cc2NCc2ccccc2)CC1. The van der Waals surface area contributed by atoms with Crippen LogP contribution in [0.15, 0.2) is 73.3 Å². The zero-order chi connectivity index (χ0) is 32.8. The molecule has 5 aromatic rings. The first-order chi connectivity index (χ1) is 22.9. The Morgan fingerprint density at radius 3 is 2.55 bits per heavy atom. The number of esters is 1. The maximum Gasteiger partial charge on any atom is 0.307 e. The number of piperazine rings is 1. The molecule has 6 rings (SSSR count). The van der Waals surface area contributed by atoms with E-state index in [0.717, 1.165) is 67.7 Å². The molecule has 0 bridgehead atoms. The molecular weight excluding hydrogens is 597 g/mol. The molecule has 244 valence electrons. The highest BCUT2D eigenvalue weighted by Gasteiger charge is 2.19. The number of aromatic nitrogens is 5. The molecule has 0 radical (unpaired) electrons. The lowest BCUT2D eigenvalue weighted by molar-refractivity contribution is -0.141. The molecule has 3 aromatic heterocycles. The van der Waals surface area contributed by atoms with Gasteiger partial charge in [0.15, 0.2) is 5.82 Å². The predicted octanol–water partition coefficient (Wildman–Crippen LogP) is 5.64. The number of anilines is 3. The van der Waals surface area contributed by atoms with Crippen LogP contribution in [0, 0.1) is 5.82 Å². The highest BCUT2D eigenvalue weighted by atomic mass is 19.1. The number of fused-ring (bicyclic) bond motifs is 1. The Bertz CT molecular complexity index is 1820. The van der Waals surface area contributed by atoms with Crippen molar-refractivity contribution in [2.24, 2.45) is 0 Å². The van der Waals surface area contributed by atoms with Crippen LogP contribution in [0.5, 0.6) is 0 Å². The molecule has 0 amide bonds. The first kappa shape index (κ1) is 32.0. The molecule has 12 heteroatoms. The van der Waals surface area contributed by atoms with E-state index in [1.165, 1.54) is 12.7 Å². The Morgan fingerprint density at radius 1 is 1.00 bits per heavy atom. The van der Waals surface area contributed by atoms with Gasteiger partial charge in [-0.15, -0.1) is 0 Å². The number of ether oxygens (including phenoxy) is 1. The number of methoxy groups -OCH3 is 1. The van der Waals surface area contributed by atoms with Crippen LogP contribution in [0.4, 0.5) is 21.8 Å². The zero-order valence-electron chi connectivity index (χ0n) is 27.0. The lowest BCUT2D eigenvalue weighted by atomic mass is 10.1. The van der Waals surface area contributed by atoms with Gasteiger partial charge in [0.1, 0.15) is 11.5 Å². The van der Waals surface area contributed by atoms with E-state index in [1.54, 1.807) is 12.4 Å². The molecule has 1 fully saturated rings. The van der Waals surface area contributed by atoms with Crippen LogP contribution in [0.2, 0.25) is 0 Å². The fourth-order valence-corrected chi connectivity index (χ4v) is 5.83. The molecular formula is C35H40FN9O2. The number of benzene rings is 2. The zero-order valence-corrected chi connectivity index (χ0v) is 27.0. The topological polar surface area (TPSA) is 113 Å². The van der Waals surface area contributed by atoms with Crippen molar-refractivity contribution in [2.75, 3.05) is 50.5 Å². The summed E-state index contributed by atoms with van der Waals surface area (Å²) < 4.78 is 21.9. The van der Waals surface area contributed by atoms with Crippen LogP contribution in [0.1, 0.15) is 37.4 Å². The number of nitrogens with zero attached hydrogens (tertiary/aromatic N) is 7. The monoisotopic (exact) mass is 637 g/mol. The molecule has 1 atom stereocenters. The van der Waals surface area contributed by atoms with Crippen molar-refractivity contribution >= 4 is 34.5 Å². The number of imidazole rings is 1. The van der Waals surface area contributed by atoms with Crippen molar-refractivity contribution in [3.63, 3.8) is 0 Å². The minimum absolute atomic E-state index is 0.142. The van der Waals surface area contributed by atoms with Crippen molar-refractivity contribution < 1.29 is 13.9 Å². The summed E-state index contributed by atoms with van der Waals surface area (Å²) >= 11 is 0. The van der Waals surface area contributed by atoms with Gasteiger partial charge < -0.3 is 24.8 Å². The number of carbonyl (C=O) groups is 1. The van der Waals surface area contributed by atoms with Crippen LogP contribution in [-0.2, 0) is 22.6 Å². The van der Waals surface area contributed by atoms with Crippen molar-refractivity contribution in [3.05, 3.63) is 90.3 Å². The van der Waals surface area contributed by atoms with Crippen LogP contribution in [0.25, 0.3) is 22.3 Å². The highest BCUT2D eigenvalue weighted by molar-refractivity contribution is 5.82. The number of likely N-dealkylation sites (N-methyl/N-ethyl adjacent to an activating group) is 1. The standard InChI is InChI=1S/C35H40FN9O2/c1-4-43-12-14-44(15-13-43)22-27-20-38-32(18-30(27)37-19-25-8-6-5-7-9-25)41-35-39-21-28(36)34(42-35)26-10-11-29-31(17-26)45(23-40-29)24(2)16-33(46)47-3/h5-11,17-18,20-21,23-24H,4,12-16,19,22H2,1-3H3,(H2,37,38,39,41,42). The van der Waals surface area contributed by atoms with Crippen molar-refractivity contribution in [3.8, 4) is 11.3 Å². The molecule has 0 spiro atoms. The Hall–Kier alpha value is -4.94. The summed E-state index contributed by atoms with van der Waals surface area (Å²) in [6.07, 6.45) is 4.91. The molecule has 2 aromatic carbocycles. The maximum absolute atomic E-state index is 15.2. The average Bonchev–Trinajstić information content (AvgIpc) is 3.53. The van der Waals surface area contributed by atoms with Gasteiger partial charge in [-0.25, -0.2) is 24.3 Å². The third-order valence-corrected chi connectivity index (χ3v) is 8.62. The Kier molecular flexibility index (Phi) is 9.98. The third-order valence-electron chi connectivity index (χ3n) is 8.62. The second kappa shape index (κ2) is 14.7. The molecule has 1 aliphatic rings. The normalized spacial score (nSPS) is 14.6. The van der Waals surface area contributed by atoms with Crippen LogP contribution in [-0.4, -0.2) is 80.1 Å². The molecule has 47 heavy (non-hydrogen) atoms. The molecule has 0 aliphatic carbocycles. The highest BCUT2D eigenvalue weighted by Crippen LogP contribution is 2.29. The predicted molar refractivity (Wildman–Crippen MR) is 181 cm³/mol. The first-order valence-electron chi connectivity index (χ1n) is 15.9. The molecule has 0 saturated carbocycles. The lowest BCUT2D eigenvalue weighted by Gasteiger charge is -2.34. The number of nitrogens with one attached hydrogen (secondary N) is 2. The van der Waals surface area contributed by atoms with E-state index >= 15 is 4.39 Å². The van der Waals surface area contributed by atoms with Gasteiger partial charge in [-0.2, -0.15) is 0 Å². The summed E-state index contributed by atoms with van der Waals surface area (Å²) in [7, 11) is 1.37. The summed E-state index contributed by atoms with van der Waals surface area (Å²) in [5.41, 5.74) is 5.42. The average molecular weight is 638 g/mol. The number of carbonyl (C=O) groups excluding carboxylic acids is 1. The number of rotatable bonds is 12. The lowest BCUT2D eigenvalue weighted by Crippen LogP contribution is -2.45. The molecule has 2 N–H and O–H groups in total. The summed E-state index contributed by atoms with van der Waals surface area (Å²) in [6.45, 7) is 10.8. The fourth-order valence-electron chi connectivity index (χ4n) is 5.83. The minimum Gasteiger partial charge on any atom is -0.469 e. The van der Waals surface area contributed by atoms with Gasteiger partial charge in [0.25, 0.3) is 0 Å². The molecule has 11 nitrogen and oxygen atoms in total. The summed E-state index contributed by atoms with van der Waals surface area (Å²) in [5, 5.41) is 6.79. The molecule has 4 heterocycles. The number of hydrogen-bond donors (Lipinski definition) is 2. The number of halogens is 1. The van der Waals surface area contributed by atoms with E-state index in [9.17, 15) is 4.79 Å². The van der Waals surface area contributed by atoms with Crippen molar-refractivity contribution in [1.82, 2.24) is 34.3 Å². The minimum atomic E-state index is -0.555. The van der Waals surface area contributed by atoms with Crippen LogP contribution >= 0.6 is 0 Å². The van der Waals surface area contributed by atoms with E-state index in [4.69, 9.17) is 9.72 Å². The van der Waals surface area contributed by atoms with Gasteiger partial charge >= 0.3 is 5.97 Å². The van der Waals surface area contributed by atoms with E-state index in [1.807, 2.05) is 54.1 Å². The summed E-state index contributed by atoms with van der Waals surface area (Å²) in [4.78, 5) is 34.7. The van der Waals surface area contributed by atoms with Crippen molar-refractivity contribution in [2.45, 2.75) is 39.4 Å². The maximum atomic E-state index is 15.2. The van der Waals surface area contributed by atoms with Gasteiger partial charge in [0.05, 0.1) is 37.1 Å². The van der Waals surface area contributed by atoms with Crippen molar-refractivity contribution in [1.29, 1.82) is 0 Å². The van der Waals surface area contributed by atoms with Gasteiger partial charge in [-0.3, -0.25) is 9.69 Å². The molecule has 1 saturated heterocycles. The number of pyridine rings is 1. The first-order valence-corrected chi connectivity index (χ1v) is 15.9. The second-order valence-corrected chi connectivity index (χ2v) is 11.8. The van der Waals surface area contributed by atoms with Crippen LogP contribution in [0.3, 0.4) is 0 Å². The largest absolute Gasteiger partial charge is 0.469 e. The van der Waals surface area contributed by atoms with Gasteiger partial charge in [0, 0.05) is 74.4 Å². The summed E-state index contributed by atoms with van der Waals surface area (Å²) in [5.74, 6) is -0.106. The Morgan fingerprint density at radius 2 is 1.79 bits per heavy atom. The second-order valence-electron chi connectivity index (χ2n) is 11.8. The van der Waals surface area contributed by atoms with E-state index < -0.39 is 5.82 Å². The Labute approximate surface area is 273 Å². The van der Waals surface area contributed by atoms with E-state index in [2.05, 4.69) is 54.4 Å². The summed E-state index contributed by atoms with van der Waals surface area (Å²) in [6, 6.07) is 17.4. The van der Waals surface area contributed by atoms with Gasteiger partial charge in [-0.05, 0) is 31.2 Å². The fraction of sp³-hybridized carbons (Fsp3) is 0.343. The van der Waals surface area contributed by atoms with Gasteiger partial charge in [-0.1, -0.05) is 43.3 Å². The van der Waals surface area contributed by atoms with E-state index in [-0.39, 0.29) is 30.1 Å². The quantitative estimate of drug-likeness (QED) is 0.167. The smallest absolute Gasteiger partial charge is 0.307 e. The Balaban J connectivity index is 1.24. The van der Waals surface area contributed by atoms with E-state index in [0.29, 0.717) is 17.9 Å². The third kappa shape index (κ3) is 7.72. The van der Waals surface area contributed by atoms with Crippen LogP contribution < -0.4 is 10.6 Å². The molecule has 1 aliphatic heterocycles. The number of hydrogen-bond acceptors (Lipinski definition) is 10. The van der Waals surface area contributed by atoms with Gasteiger partial charge in [0.2, 0.25) is 5.95 Å².